The molecule has 2 heterocycles. The van der Waals surface area contributed by atoms with Gasteiger partial charge in [0.15, 0.2) is 0 Å². The Morgan fingerprint density at radius 3 is 2.17 bits per heavy atom. The Labute approximate surface area is 136 Å². The van der Waals surface area contributed by atoms with Crippen LogP contribution in [-0.4, -0.2) is 18.3 Å². The highest BCUT2D eigenvalue weighted by Gasteiger charge is 2.52. The van der Waals surface area contributed by atoms with E-state index in [2.05, 4.69) is 46.8 Å². The van der Waals surface area contributed by atoms with Gasteiger partial charge in [-0.05, 0) is 57.8 Å². The average Bonchev–Trinajstić information content (AvgIpc) is 2.94. The van der Waals surface area contributed by atoms with Crippen molar-refractivity contribution in [1.29, 1.82) is 0 Å². The number of fused-ring (bicyclic) bond motifs is 3. The van der Waals surface area contributed by atoms with E-state index in [9.17, 15) is 0 Å². The predicted octanol–water partition coefficient (Wildman–Crippen LogP) is 4.19. The second-order valence-corrected chi connectivity index (χ2v) is 7.34. The van der Waals surface area contributed by atoms with Gasteiger partial charge in [-0.15, -0.1) is 0 Å². The van der Waals surface area contributed by atoms with Gasteiger partial charge in [0.1, 0.15) is 11.2 Å². The maximum atomic E-state index is 6.22. The van der Waals surface area contributed by atoms with Crippen LogP contribution in [0.4, 0.5) is 0 Å². The lowest BCUT2D eigenvalue weighted by molar-refractivity contribution is 0.00578. The molecule has 118 valence electrons. The Balaban J connectivity index is 1.89. The van der Waals surface area contributed by atoms with E-state index in [1.54, 1.807) is 0 Å². The Kier molecular flexibility index (Phi) is 2.97. The Hall–Kier alpha value is -1.78. The van der Waals surface area contributed by atoms with Crippen molar-refractivity contribution in [3.63, 3.8) is 0 Å². The number of hydrogen-bond acceptors (Lipinski definition) is 3. The molecule has 1 aliphatic heterocycles. The zero-order valence-corrected chi connectivity index (χ0v) is 14.3. The second-order valence-electron chi connectivity index (χ2n) is 7.34. The summed E-state index contributed by atoms with van der Waals surface area (Å²) >= 11 is 0. The molecular weight excluding hydrogens is 287 g/mol. The highest BCUT2D eigenvalue weighted by molar-refractivity contribution is 6.63. The maximum absolute atomic E-state index is 6.22. The van der Waals surface area contributed by atoms with Crippen molar-refractivity contribution >= 4 is 34.5 Å². The number of hydrogen-bond donors (Lipinski definition) is 0. The molecule has 3 nitrogen and oxygen atoms in total. The van der Waals surface area contributed by atoms with Gasteiger partial charge < -0.3 is 13.7 Å². The first kappa shape index (κ1) is 14.8. The molecule has 1 fully saturated rings. The van der Waals surface area contributed by atoms with Gasteiger partial charge in [0, 0.05) is 10.8 Å². The molecule has 3 aromatic rings. The third kappa shape index (κ3) is 2.05. The number of para-hydroxylation sites is 1. The largest absolute Gasteiger partial charge is 0.495 e. The molecule has 0 bridgehead atoms. The van der Waals surface area contributed by atoms with Crippen LogP contribution in [0.25, 0.3) is 21.9 Å². The van der Waals surface area contributed by atoms with E-state index in [0.717, 1.165) is 33.0 Å². The minimum absolute atomic E-state index is 0.336. The fourth-order valence-electron chi connectivity index (χ4n) is 3.23. The van der Waals surface area contributed by atoms with Crippen LogP contribution in [0.3, 0.4) is 0 Å². The van der Waals surface area contributed by atoms with Gasteiger partial charge in [-0.3, -0.25) is 0 Å². The van der Waals surface area contributed by atoms with Crippen LogP contribution in [-0.2, 0) is 9.31 Å². The monoisotopic (exact) mass is 308 g/mol. The van der Waals surface area contributed by atoms with Crippen LogP contribution >= 0.6 is 0 Å². The smallest absolute Gasteiger partial charge is 0.456 e. The Morgan fingerprint density at radius 2 is 1.48 bits per heavy atom. The summed E-state index contributed by atoms with van der Waals surface area (Å²) in [7, 11) is -0.349. The normalized spacial score (nSPS) is 19.8. The van der Waals surface area contributed by atoms with Gasteiger partial charge in [0.25, 0.3) is 0 Å². The number of furan rings is 1. The third-order valence-corrected chi connectivity index (χ3v) is 5.35. The second kappa shape index (κ2) is 4.62. The molecule has 4 rings (SSSR count). The van der Waals surface area contributed by atoms with Gasteiger partial charge in [0.05, 0.1) is 11.2 Å². The van der Waals surface area contributed by atoms with Gasteiger partial charge >= 0.3 is 7.12 Å². The molecular formula is C19H21BO3. The molecule has 23 heavy (non-hydrogen) atoms. The third-order valence-electron chi connectivity index (χ3n) is 5.35. The van der Waals surface area contributed by atoms with E-state index in [1.807, 2.05) is 24.3 Å². The van der Waals surface area contributed by atoms with Crippen molar-refractivity contribution in [2.75, 3.05) is 0 Å². The van der Waals surface area contributed by atoms with Gasteiger partial charge in [-0.1, -0.05) is 24.3 Å². The van der Waals surface area contributed by atoms with Crippen LogP contribution in [0.1, 0.15) is 33.3 Å². The molecule has 1 aromatic heterocycles. The first-order chi connectivity index (χ1) is 10.8. The fraction of sp³-hybridized carbons (Fsp3) is 0.368. The van der Waals surface area contributed by atoms with Crippen molar-refractivity contribution in [2.45, 2.75) is 45.8 Å². The van der Waals surface area contributed by atoms with Crippen molar-refractivity contribution < 1.29 is 13.7 Å². The van der Waals surface area contributed by atoms with Crippen LogP contribution in [0.15, 0.2) is 40.8 Å². The molecule has 0 N–H and O–H groups in total. The van der Waals surface area contributed by atoms with Crippen molar-refractivity contribution in [1.82, 2.24) is 0 Å². The molecule has 0 saturated carbocycles. The van der Waals surface area contributed by atoms with E-state index in [0.29, 0.717) is 0 Å². The Bertz CT molecular complexity index is 892. The van der Waals surface area contributed by atoms with E-state index in [1.165, 1.54) is 0 Å². The lowest BCUT2D eigenvalue weighted by Gasteiger charge is -2.32. The van der Waals surface area contributed by atoms with Crippen LogP contribution in [0.2, 0.25) is 0 Å². The molecule has 4 heteroatoms. The van der Waals surface area contributed by atoms with Gasteiger partial charge in [-0.2, -0.15) is 0 Å². The number of benzene rings is 2. The van der Waals surface area contributed by atoms with E-state index in [-0.39, 0.29) is 18.3 Å². The van der Waals surface area contributed by atoms with E-state index >= 15 is 0 Å². The molecule has 2 aromatic carbocycles. The molecule has 1 aliphatic rings. The summed E-state index contributed by atoms with van der Waals surface area (Å²) < 4.78 is 18.4. The minimum Gasteiger partial charge on any atom is -0.456 e. The summed E-state index contributed by atoms with van der Waals surface area (Å²) in [4.78, 5) is 0. The van der Waals surface area contributed by atoms with E-state index in [4.69, 9.17) is 13.7 Å². The van der Waals surface area contributed by atoms with Gasteiger partial charge in [0.2, 0.25) is 0 Å². The highest BCUT2D eigenvalue weighted by Crippen LogP contribution is 2.37. The summed E-state index contributed by atoms with van der Waals surface area (Å²) in [6.07, 6.45) is 0. The highest BCUT2D eigenvalue weighted by atomic mass is 16.7. The lowest BCUT2D eigenvalue weighted by Crippen LogP contribution is -2.41. The number of rotatable bonds is 1. The molecule has 0 atom stereocenters. The summed E-state index contributed by atoms with van der Waals surface area (Å²) in [6.45, 7) is 10.4. The van der Waals surface area contributed by atoms with E-state index < -0.39 is 0 Å². The summed E-state index contributed by atoms with van der Waals surface area (Å²) in [5.74, 6) is 0. The average molecular weight is 308 g/mol. The Morgan fingerprint density at radius 1 is 0.826 bits per heavy atom. The summed E-state index contributed by atoms with van der Waals surface area (Å²) in [5.41, 5.74) is 3.38. The fourth-order valence-corrected chi connectivity index (χ4v) is 3.23. The standard InChI is InChI=1S/C19H21BO3/c1-12-14(20-22-18(2,3)19(4,5)23-20)10-11-16-17(12)13-8-6-7-9-15(13)21-16/h6-11H,1-5H3. The molecule has 0 aliphatic carbocycles. The van der Waals surface area contributed by atoms with Crippen molar-refractivity contribution in [3.05, 3.63) is 42.0 Å². The SMILES string of the molecule is Cc1c(B2OC(C)(C)C(C)(C)O2)ccc2oc3ccccc3c12. The molecule has 1 saturated heterocycles. The van der Waals surface area contributed by atoms with Crippen molar-refractivity contribution in [2.24, 2.45) is 0 Å². The predicted molar refractivity (Wildman–Crippen MR) is 94.2 cm³/mol. The summed E-state index contributed by atoms with van der Waals surface area (Å²) in [6, 6.07) is 12.2. The first-order valence-corrected chi connectivity index (χ1v) is 8.06. The summed E-state index contributed by atoms with van der Waals surface area (Å²) in [5, 5.41) is 2.28. The van der Waals surface area contributed by atoms with Crippen molar-refractivity contribution in [3.8, 4) is 0 Å². The maximum Gasteiger partial charge on any atom is 0.495 e. The van der Waals surface area contributed by atoms with Crippen LogP contribution < -0.4 is 5.46 Å². The van der Waals surface area contributed by atoms with Crippen LogP contribution in [0, 0.1) is 6.92 Å². The molecule has 0 unspecified atom stereocenters. The molecule has 0 radical (unpaired) electrons. The first-order valence-electron chi connectivity index (χ1n) is 8.06. The minimum atomic E-state index is -0.349. The zero-order chi connectivity index (χ0) is 16.4. The molecule has 0 spiro atoms. The number of aryl methyl sites for hydroxylation is 1. The lowest BCUT2D eigenvalue weighted by atomic mass is 9.75. The quantitative estimate of drug-likeness (QED) is 0.632. The topological polar surface area (TPSA) is 31.6 Å². The molecule has 0 amide bonds. The van der Waals surface area contributed by atoms with Gasteiger partial charge in [-0.25, -0.2) is 0 Å². The van der Waals surface area contributed by atoms with Crippen LogP contribution in [0.5, 0.6) is 0 Å². The zero-order valence-electron chi connectivity index (χ0n) is 14.3.